The van der Waals surface area contributed by atoms with Crippen molar-refractivity contribution in [3.8, 4) is 0 Å². The predicted octanol–water partition coefficient (Wildman–Crippen LogP) is 1.69. The van der Waals surface area contributed by atoms with E-state index in [0.717, 1.165) is 6.42 Å². The fourth-order valence-corrected chi connectivity index (χ4v) is 1.31. The number of aryl methyl sites for hydroxylation is 1. The topological polar surface area (TPSA) is 46.9 Å². The lowest BCUT2D eigenvalue weighted by atomic mass is 10.4. The number of alkyl halides is 1. The summed E-state index contributed by atoms with van der Waals surface area (Å²) in [4.78, 5) is 15.8. The molecule has 5 heteroatoms. The van der Waals surface area contributed by atoms with Gasteiger partial charge in [0.15, 0.2) is 5.82 Å². The van der Waals surface area contributed by atoms with E-state index < -0.39 is 0 Å². The van der Waals surface area contributed by atoms with Gasteiger partial charge < -0.3 is 9.88 Å². The number of nitrogens with one attached hydrogen (secondary N) is 1. The van der Waals surface area contributed by atoms with Gasteiger partial charge in [-0.05, 0) is 13.3 Å². The van der Waals surface area contributed by atoms with Crippen LogP contribution in [0.3, 0.4) is 0 Å². The highest BCUT2D eigenvalue weighted by Crippen LogP contribution is 1.98. The van der Waals surface area contributed by atoms with Crippen molar-refractivity contribution in [2.75, 3.05) is 11.2 Å². The highest BCUT2D eigenvalue weighted by atomic mass is 35.5. The molecule has 15 heavy (non-hydrogen) atoms. The maximum Gasteiger partial charge on any atom is 0.293 e. The zero-order valence-electron chi connectivity index (χ0n) is 9.03. The van der Waals surface area contributed by atoms with Gasteiger partial charge in [0.1, 0.15) is 0 Å². The Morgan fingerprint density at radius 2 is 2.40 bits per heavy atom. The number of anilines is 1. The van der Waals surface area contributed by atoms with Gasteiger partial charge in [0, 0.05) is 30.9 Å². The second kappa shape index (κ2) is 5.75. The quantitative estimate of drug-likeness (QED) is 0.782. The Morgan fingerprint density at radius 3 is 3.00 bits per heavy atom. The molecule has 0 aliphatic heterocycles. The van der Waals surface area contributed by atoms with E-state index >= 15 is 0 Å². The molecule has 0 saturated heterocycles. The van der Waals surface area contributed by atoms with Crippen molar-refractivity contribution >= 4 is 17.4 Å². The minimum absolute atomic E-state index is 0.0457. The molecule has 0 aliphatic rings. The Morgan fingerprint density at radius 1 is 1.67 bits per heavy atom. The van der Waals surface area contributed by atoms with Crippen LogP contribution in [-0.4, -0.2) is 21.5 Å². The first-order valence-corrected chi connectivity index (χ1v) is 5.60. The van der Waals surface area contributed by atoms with Crippen molar-refractivity contribution in [1.29, 1.82) is 0 Å². The van der Waals surface area contributed by atoms with Crippen molar-refractivity contribution < 1.29 is 0 Å². The molecule has 0 amide bonds. The van der Waals surface area contributed by atoms with Gasteiger partial charge in [-0.25, -0.2) is 4.98 Å². The van der Waals surface area contributed by atoms with E-state index in [0.29, 0.717) is 18.2 Å². The number of halogens is 1. The van der Waals surface area contributed by atoms with Gasteiger partial charge in [0.05, 0.1) is 0 Å². The Kier molecular flexibility index (Phi) is 4.62. The van der Waals surface area contributed by atoms with Crippen LogP contribution >= 0.6 is 11.6 Å². The van der Waals surface area contributed by atoms with Crippen LogP contribution in [0.15, 0.2) is 17.2 Å². The third kappa shape index (κ3) is 3.23. The summed E-state index contributed by atoms with van der Waals surface area (Å²) in [7, 11) is 0. The van der Waals surface area contributed by atoms with Gasteiger partial charge in [0.2, 0.25) is 0 Å². The highest BCUT2D eigenvalue weighted by Gasteiger charge is 2.06. The molecule has 1 rings (SSSR count). The van der Waals surface area contributed by atoms with Gasteiger partial charge >= 0.3 is 0 Å². The van der Waals surface area contributed by atoms with Gasteiger partial charge in [-0.1, -0.05) is 6.92 Å². The molecule has 0 radical (unpaired) electrons. The lowest BCUT2D eigenvalue weighted by Crippen LogP contribution is -2.28. The average Bonchev–Trinajstić information content (AvgIpc) is 2.24. The van der Waals surface area contributed by atoms with Crippen molar-refractivity contribution in [3.63, 3.8) is 0 Å². The van der Waals surface area contributed by atoms with Crippen LogP contribution in [0.2, 0.25) is 0 Å². The van der Waals surface area contributed by atoms with Crippen LogP contribution in [0, 0.1) is 0 Å². The van der Waals surface area contributed by atoms with Crippen LogP contribution in [0.25, 0.3) is 0 Å². The molecule has 1 aromatic heterocycles. The number of nitrogens with zero attached hydrogens (tertiary/aromatic N) is 2. The fourth-order valence-electron chi connectivity index (χ4n) is 1.24. The van der Waals surface area contributed by atoms with Crippen LogP contribution in [0.4, 0.5) is 5.82 Å². The van der Waals surface area contributed by atoms with E-state index in [1.54, 1.807) is 17.0 Å². The predicted molar refractivity (Wildman–Crippen MR) is 62.6 cm³/mol. The van der Waals surface area contributed by atoms with E-state index in [2.05, 4.69) is 10.3 Å². The van der Waals surface area contributed by atoms with Gasteiger partial charge in [-0.3, -0.25) is 4.79 Å². The first-order valence-electron chi connectivity index (χ1n) is 5.07. The molecule has 1 atom stereocenters. The normalized spacial score (nSPS) is 12.5. The van der Waals surface area contributed by atoms with Gasteiger partial charge in [0.25, 0.3) is 5.56 Å². The molecule has 0 spiro atoms. The highest BCUT2D eigenvalue weighted by molar-refractivity contribution is 6.18. The molecule has 84 valence electrons. The molecule has 1 heterocycles. The molecule has 1 aromatic rings. The largest absolute Gasteiger partial charge is 0.362 e. The second-order valence-electron chi connectivity index (χ2n) is 3.47. The van der Waals surface area contributed by atoms with E-state index in [1.807, 2.05) is 13.8 Å². The van der Waals surface area contributed by atoms with Gasteiger partial charge in [-0.2, -0.15) is 0 Å². The molecule has 0 fully saturated rings. The van der Waals surface area contributed by atoms with Crippen molar-refractivity contribution in [2.45, 2.75) is 32.9 Å². The first kappa shape index (κ1) is 12.0. The summed E-state index contributed by atoms with van der Waals surface area (Å²) in [6.45, 7) is 4.65. The minimum Gasteiger partial charge on any atom is -0.362 e. The van der Waals surface area contributed by atoms with Crippen molar-refractivity contribution in [3.05, 3.63) is 22.7 Å². The zero-order valence-corrected chi connectivity index (χ0v) is 9.79. The monoisotopic (exact) mass is 229 g/mol. The summed E-state index contributed by atoms with van der Waals surface area (Å²) in [6.07, 6.45) is 4.25. The summed E-state index contributed by atoms with van der Waals surface area (Å²) >= 11 is 5.66. The molecule has 1 N–H and O–H groups in total. The molecule has 0 aromatic carbocycles. The van der Waals surface area contributed by atoms with Crippen LogP contribution in [0.5, 0.6) is 0 Å². The van der Waals surface area contributed by atoms with E-state index in [4.69, 9.17) is 11.6 Å². The molecule has 0 bridgehead atoms. The molecular formula is C10H16ClN3O. The third-order valence-corrected chi connectivity index (χ3v) is 2.46. The number of hydrogen-bond acceptors (Lipinski definition) is 3. The second-order valence-corrected chi connectivity index (χ2v) is 3.78. The average molecular weight is 230 g/mol. The van der Waals surface area contributed by atoms with Gasteiger partial charge in [-0.15, -0.1) is 11.6 Å². The third-order valence-electron chi connectivity index (χ3n) is 1.99. The van der Waals surface area contributed by atoms with Crippen LogP contribution < -0.4 is 10.9 Å². The van der Waals surface area contributed by atoms with E-state index in [9.17, 15) is 4.79 Å². The maximum absolute atomic E-state index is 11.8. The summed E-state index contributed by atoms with van der Waals surface area (Å²) in [5.41, 5.74) is -0.0867. The fraction of sp³-hybridized carbons (Fsp3) is 0.600. The number of rotatable bonds is 5. The summed E-state index contributed by atoms with van der Waals surface area (Å²) < 4.78 is 1.65. The van der Waals surface area contributed by atoms with E-state index in [1.165, 1.54) is 0 Å². The van der Waals surface area contributed by atoms with Crippen LogP contribution in [-0.2, 0) is 6.54 Å². The number of hydrogen-bond donors (Lipinski definition) is 1. The SMILES string of the molecule is CCCn1ccnc(NC(C)CCl)c1=O. The molecule has 4 nitrogen and oxygen atoms in total. The summed E-state index contributed by atoms with van der Waals surface area (Å²) in [5.74, 6) is 0.822. The summed E-state index contributed by atoms with van der Waals surface area (Å²) in [5, 5.41) is 2.98. The summed E-state index contributed by atoms with van der Waals surface area (Å²) in [6, 6.07) is 0.0457. The Balaban J connectivity index is 2.89. The Labute approximate surface area is 94.3 Å². The Bertz CT molecular complexity index is 364. The Hall–Kier alpha value is -1.03. The number of aromatic nitrogens is 2. The van der Waals surface area contributed by atoms with Crippen molar-refractivity contribution in [2.24, 2.45) is 0 Å². The molecule has 1 unspecified atom stereocenters. The lowest BCUT2D eigenvalue weighted by molar-refractivity contribution is 0.648. The lowest BCUT2D eigenvalue weighted by Gasteiger charge is -2.11. The molecule has 0 saturated carbocycles. The standard InChI is InChI=1S/C10H16ClN3O/c1-3-5-14-6-4-12-9(10(14)15)13-8(2)7-11/h4,6,8H,3,5,7H2,1-2H3,(H,12,13). The minimum atomic E-state index is -0.0867. The zero-order chi connectivity index (χ0) is 11.3. The first-order chi connectivity index (χ1) is 7.19. The smallest absolute Gasteiger partial charge is 0.293 e. The van der Waals surface area contributed by atoms with Crippen LogP contribution in [0.1, 0.15) is 20.3 Å². The molecular weight excluding hydrogens is 214 g/mol. The maximum atomic E-state index is 11.8. The molecule has 0 aliphatic carbocycles. The van der Waals surface area contributed by atoms with Crippen molar-refractivity contribution in [1.82, 2.24) is 9.55 Å². The van der Waals surface area contributed by atoms with E-state index in [-0.39, 0.29) is 11.6 Å².